The van der Waals surface area contributed by atoms with Gasteiger partial charge in [0.25, 0.3) is 0 Å². The van der Waals surface area contributed by atoms with Crippen LogP contribution >= 0.6 is 0 Å². The van der Waals surface area contributed by atoms with Crippen molar-refractivity contribution in [2.45, 2.75) is 12.7 Å². The fourth-order valence-corrected chi connectivity index (χ4v) is 2.01. The van der Waals surface area contributed by atoms with Gasteiger partial charge in [-0.15, -0.1) is 0 Å². The maximum absolute atomic E-state index is 12.4. The van der Waals surface area contributed by atoms with E-state index < -0.39 is 34.1 Å². The van der Waals surface area contributed by atoms with Gasteiger partial charge in [-0.25, -0.2) is 13.1 Å². The van der Waals surface area contributed by atoms with Gasteiger partial charge in [-0.3, -0.25) is 0 Å². The van der Waals surface area contributed by atoms with E-state index in [9.17, 15) is 21.6 Å². The summed E-state index contributed by atoms with van der Waals surface area (Å²) in [5.74, 6) is -0.480. The largest absolute Gasteiger partial charge is 0.416 e. The van der Waals surface area contributed by atoms with Crippen LogP contribution in [0.25, 0.3) is 0 Å². The number of hydrogen-bond donors (Lipinski definition) is 2. The number of rotatable bonds is 5. The Morgan fingerprint density at radius 2 is 1.94 bits per heavy atom. The highest BCUT2D eigenvalue weighted by Crippen LogP contribution is 2.29. The van der Waals surface area contributed by atoms with Crippen molar-refractivity contribution in [3.05, 3.63) is 35.4 Å². The van der Waals surface area contributed by atoms with E-state index in [0.29, 0.717) is 0 Å². The number of benzene rings is 1. The molecule has 0 atom stereocenters. The van der Waals surface area contributed by atoms with E-state index in [-0.39, 0.29) is 12.1 Å². The first kappa shape index (κ1) is 14.9. The van der Waals surface area contributed by atoms with Crippen LogP contribution in [0.2, 0.25) is 0 Å². The molecule has 0 unspecified atom stereocenters. The minimum absolute atomic E-state index is 0.200. The van der Waals surface area contributed by atoms with Gasteiger partial charge in [0.2, 0.25) is 10.0 Å². The Hall–Kier alpha value is -1.12. The second kappa shape index (κ2) is 5.68. The molecule has 0 aliphatic carbocycles. The lowest BCUT2D eigenvalue weighted by Gasteiger charge is -2.09. The molecule has 0 bridgehead atoms. The van der Waals surface area contributed by atoms with Crippen molar-refractivity contribution < 1.29 is 26.7 Å². The topological polar surface area (TPSA) is 66.4 Å². The van der Waals surface area contributed by atoms with Crippen LogP contribution in [0.1, 0.15) is 11.1 Å². The first-order chi connectivity index (χ1) is 8.24. The third kappa shape index (κ3) is 4.63. The Balaban J connectivity index is 2.75. The summed E-state index contributed by atoms with van der Waals surface area (Å²) in [4.78, 5) is 0. The van der Waals surface area contributed by atoms with Gasteiger partial charge in [-0.2, -0.15) is 13.2 Å². The quantitative estimate of drug-likeness (QED) is 0.851. The molecule has 0 fully saturated rings. The molecule has 0 heterocycles. The van der Waals surface area contributed by atoms with Crippen LogP contribution in [0.15, 0.2) is 24.3 Å². The minimum Gasteiger partial charge on any atom is -0.395 e. The molecule has 0 spiro atoms. The summed E-state index contributed by atoms with van der Waals surface area (Å²) in [6, 6.07) is 4.38. The van der Waals surface area contributed by atoms with Gasteiger partial charge in [-0.05, 0) is 11.6 Å². The molecule has 18 heavy (non-hydrogen) atoms. The molecule has 102 valence electrons. The summed E-state index contributed by atoms with van der Waals surface area (Å²) in [6.07, 6.45) is -4.46. The second-order valence-corrected chi connectivity index (χ2v) is 5.49. The second-order valence-electron chi connectivity index (χ2n) is 3.56. The van der Waals surface area contributed by atoms with Crippen molar-refractivity contribution in [2.75, 3.05) is 12.4 Å². The van der Waals surface area contributed by atoms with E-state index in [1.54, 1.807) is 0 Å². The lowest BCUT2D eigenvalue weighted by atomic mass is 10.1. The van der Waals surface area contributed by atoms with Gasteiger partial charge in [0.05, 0.1) is 17.9 Å². The van der Waals surface area contributed by atoms with Crippen molar-refractivity contribution in [3.63, 3.8) is 0 Å². The van der Waals surface area contributed by atoms with Gasteiger partial charge >= 0.3 is 6.18 Å². The summed E-state index contributed by atoms with van der Waals surface area (Å²) in [5.41, 5.74) is -0.632. The molecule has 0 aliphatic heterocycles. The minimum atomic E-state index is -4.46. The summed E-state index contributed by atoms with van der Waals surface area (Å²) >= 11 is 0. The van der Waals surface area contributed by atoms with Gasteiger partial charge in [0.1, 0.15) is 0 Å². The molecule has 4 nitrogen and oxygen atoms in total. The summed E-state index contributed by atoms with van der Waals surface area (Å²) in [6.45, 7) is -0.788. The number of halogens is 3. The summed E-state index contributed by atoms with van der Waals surface area (Å²) < 4.78 is 61.7. The molecule has 0 radical (unpaired) electrons. The summed E-state index contributed by atoms with van der Waals surface area (Å²) in [5, 5.41) is 8.48. The average molecular weight is 283 g/mol. The molecule has 1 aromatic carbocycles. The van der Waals surface area contributed by atoms with E-state index in [1.165, 1.54) is 12.1 Å². The third-order valence-electron chi connectivity index (χ3n) is 2.11. The first-order valence-corrected chi connectivity index (χ1v) is 6.64. The molecular weight excluding hydrogens is 271 g/mol. The van der Waals surface area contributed by atoms with Crippen LogP contribution in [-0.2, 0) is 22.7 Å². The van der Waals surface area contributed by atoms with Gasteiger partial charge < -0.3 is 5.11 Å². The Bertz CT molecular complexity index is 499. The monoisotopic (exact) mass is 283 g/mol. The molecule has 0 aromatic heterocycles. The first-order valence-electron chi connectivity index (χ1n) is 4.99. The molecule has 2 N–H and O–H groups in total. The standard InChI is InChI=1S/C10H12F3NO3S/c11-10(12,13)9-3-1-2-8(6-9)7-14-18(16,17)5-4-15/h1-3,6,14-15H,4-5,7H2. The van der Waals surface area contributed by atoms with Crippen LogP contribution in [0, 0.1) is 0 Å². The van der Waals surface area contributed by atoms with Crippen molar-refractivity contribution in [1.82, 2.24) is 4.72 Å². The average Bonchev–Trinajstić information content (AvgIpc) is 2.26. The molecule has 0 saturated heterocycles. The van der Waals surface area contributed by atoms with Crippen molar-refractivity contribution in [2.24, 2.45) is 0 Å². The Morgan fingerprint density at radius 1 is 1.28 bits per heavy atom. The zero-order chi connectivity index (χ0) is 13.8. The highest BCUT2D eigenvalue weighted by Gasteiger charge is 2.30. The maximum atomic E-state index is 12.4. The van der Waals surface area contributed by atoms with Crippen LogP contribution in [0.4, 0.5) is 13.2 Å². The fourth-order valence-electron chi connectivity index (χ4n) is 1.24. The van der Waals surface area contributed by atoms with Crippen molar-refractivity contribution >= 4 is 10.0 Å². The number of aliphatic hydroxyl groups excluding tert-OH is 1. The molecule has 0 amide bonds. The van der Waals surface area contributed by atoms with Crippen molar-refractivity contribution in [3.8, 4) is 0 Å². The predicted octanol–water partition coefficient (Wildman–Crippen LogP) is 1.12. The zero-order valence-corrected chi connectivity index (χ0v) is 10.1. The molecule has 1 aromatic rings. The SMILES string of the molecule is O=S(=O)(CCO)NCc1cccc(C(F)(F)F)c1. The lowest BCUT2D eigenvalue weighted by Crippen LogP contribution is -2.27. The predicted molar refractivity (Wildman–Crippen MR) is 59.2 cm³/mol. The maximum Gasteiger partial charge on any atom is 0.416 e. The molecule has 0 aliphatic rings. The van der Waals surface area contributed by atoms with Crippen LogP contribution in [0.3, 0.4) is 0 Å². The van der Waals surface area contributed by atoms with Crippen LogP contribution in [-0.4, -0.2) is 25.9 Å². The van der Waals surface area contributed by atoms with E-state index in [1.807, 2.05) is 0 Å². The Morgan fingerprint density at radius 3 is 2.50 bits per heavy atom. The Labute approximate surface area is 102 Å². The summed E-state index contributed by atoms with van der Waals surface area (Å²) in [7, 11) is -3.66. The number of sulfonamides is 1. The fraction of sp³-hybridized carbons (Fsp3) is 0.400. The normalized spacial score (nSPS) is 12.7. The van der Waals surface area contributed by atoms with Crippen LogP contribution < -0.4 is 4.72 Å². The highest BCUT2D eigenvalue weighted by molar-refractivity contribution is 7.89. The van der Waals surface area contributed by atoms with E-state index >= 15 is 0 Å². The molecular formula is C10H12F3NO3S. The number of hydrogen-bond acceptors (Lipinski definition) is 3. The molecule has 1 rings (SSSR count). The molecule has 8 heteroatoms. The smallest absolute Gasteiger partial charge is 0.395 e. The van der Waals surface area contributed by atoms with E-state index in [2.05, 4.69) is 4.72 Å². The van der Waals surface area contributed by atoms with Crippen molar-refractivity contribution in [1.29, 1.82) is 0 Å². The Kier molecular flexibility index (Phi) is 4.71. The molecule has 0 saturated carbocycles. The third-order valence-corrected chi connectivity index (χ3v) is 3.41. The number of alkyl halides is 3. The van der Waals surface area contributed by atoms with Crippen LogP contribution in [0.5, 0.6) is 0 Å². The van der Waals surface area contributed by atoms with E-state index in [0.717, 1.165) is 12.1 Å². The van der Waals surface area contributed by atoms with Gasteiger partial charge in [0.15, 0.2) is 0 Å². The zero-order valence-electron chi connectivity index (χ0n) is 9.24. The highest BCUT2D eigenvalue weighted by atomic mass is 32.2. The lowest BCUT2D eigenvalue weighted by molar-refractivity contribution is -0.137. The van der Waals surface area contributed by atoms with E-state index in [4.69, 9.17) is 5.11 Å². The van der Waals surface area contributed by atoms with Gasteiger partial charge in [0, 0.05) is 6.54 Å². The number of nitrogens with one attached hydrogen (secondary N) is 1. The van der Waals surface area contributed by atoms with Gasteiger partial charge in [-0.1, -0.05) is 18.2 Å². The number of aliphatic hydroxyl groups is 1.